The number of nitrogens with zero attached hydrogens (tertiary/aromatic N) is 2. The molecule has 1 aliphatic rings. The van der Waals surface area contributed by atoms with Crippen molar-refractivity contribution in [3.63, 3.8) is 0 Å². The summed E-state index contributed by atoms with van der Waals surface area (Å²) < 4.78 is 5.11. The van der Waals surface area contributed by atoms with Gasteiger partial charge in [0.2, 0.25) is 11.8 Å². The Balaban J connectivity index is 1.74. The van der Waals surface area contributed by atoms with E-state index in [4.69, 9.17) is 4.52 Å². The molecule has 1 saturated carbocycles. The van der Waals surface area contributed by atoms with Gasteiger partial charge in [-0.3, -0.25) is 4.79 Å². The number of aromatic nitrogens is 2. The summed E-state index contributed by atoms with van der Waals surface area (Å²) in [5.41, 5.74) is 0. The van der Waals surface area contributed by atoms with Gasteiger partial charge in [0, 0.05) is 6.04 Å². The summed E-state index contributed by atoms with van der Waals surface area (Å²) in [5.74, 6) is 2.36. The van der Waals surface area contributed by atoms with Gasteiger partial charge in [-0.2, -0.15) is 4.98 Å². The molecular weight excluding hydrogens is 274 g/mol. The average molecular weight is 297 g/mol. The first-order valence-corrected chi connectivity index (χ1v) is 8.32. The molecule has 1 aromatic heterocycles. The lowest BCUT2D eigenvalue weighted by Crippen LogP contribution is -2.41. The molecule has 5 nitrogen and oxygen atoms in total. The van der Waals surface area contributed by atoms with Crippen LogP contribution in [0.1, 0.15) is 56.5 Å². The minimum absolute atomic E-state index is 0.0470. The van der Waals surface area contributed by atoms with Crippen LogP contribution in [0.25, 0.3) is 0 Å². The predicted octanol–water partition coefficient (Wildman–Crippen LogP) is 2.87. The van der Waals surface area contributed by atoms with E-state index in [0.717, 1.165) is 6.42 Å². The van der Waals surface area contributed by atoms with Crippen LogP contribution < -0.4 is 5.32 Å². The van der Waals surface area contributed by atoms with E-state index in [2.05, 4.69) is 22.4 Å². The van der Waals surface area contributed by atoms with Crippen molar-refractivity contribution in [3.8, 4) is 0 Å². The lowest BCUT2D eigenvalue weighted by molar-refractivity contribution is -0.119. The maximum Gasteiger partial charge on any atom is 0.239 e. The van der Waals surface area contributed by atoms with E-state index in [1.54, 1.807) is 6.92 Å². The summed E-state index contributed by atoms with van der Waals surface area (Å²) in [5, 5.41) is 6.97. The summed E-state index contributed by atoms with van der Waals surface area (Å²) in [6.07, 6.45) is 4.83. The summed E-state index contributed by atoms with van der Waals surface area (Å²) in [7, 11) is 0. The van der Waals surface area contributed by atoms with Crippen LogP contribution in [0, 0.1) is 12.8 Å². The molecule has 0 saturated heterocycles. The molecule has 0 bridgehead atoms. The van der Waals surface area contributed by atoms with Gasteiger partial charge in [-0.15, -0.1) is 11.8 Å². The van der Waals surface area contributed by atoms with E-state index >= 15 is 0 Å². The molecule has 1 aliphatic carbocycles. The molecule has 112 valence electrons. The minimum atomic E-state index is 0.0470. The number of carbonyl (C=O) groups is 1. The largest absolute Gasteiger partial charge is 0.352 e. The molecule has 1 N–H and O–H groups in total. The normalized spacial score (nSPS) is 24.4. The number of aryl methyl sites for hydroxylation is 1. The molecular formula is C14H23N3O2S. The Labute approximate surface area is 124 Å². The standard InChI is InChI=1S/C14H23N3O2S/c1-9-6-4-5-7-12(9)16-13(18)8-20-10(2)14-15-11(3)17-19-14/h9-10,12H,4-8H2,1-3H3,(H,16,18). The first-order valence-electron chi connectivity index (χ1n) is 7.27. The second-order valence-electron chi connectivity index (χ2n) is 5.57. The molecule has 0 aliphatic heterocycles. The van der Waals surface area contributed by atoms with Crippen LogP contribution in [0.15, 0.2) is 4.52 Å². The molecule has 1 heterocycles. The van der Waals surface area contributed by atoms with Crippen LogP contribution >= 0.6 is 11.8 Å². The van der Waals surface area contributed by atoms with Gasteiger partial charge in [0.15, 0.2) is 5.82 Å². The molecule has 3 unspecified atom stereocenters. The second kappa shape index (κ2) is 7.11. The molecule has 1 amide bonds. The van der Waals surface area contributed by atoms with E-state index in [9.17, 15) is 4.79 Å². The molecule has 3 atom stereocenters. The van der Waals surface area contributed by atoms with Crippen molar-refractivity contribution in [1.82, 2.24) is 15.5 Å². The molecule has 1 aromatic rings. The smallest absolute Gasteiger partial charge is 0.239 e. The number of nitrogens with one attached hydrogen (secondary N) is 1. The zero-order valence-corrected chi connectivity index (χ0v) is 13.2. The Hall–Kier alpha value is -1.04. The van der Waals surface area contributed by atoms with Crippen LogP contribution in [0.5, 0.6) is 0 Å². The highest BCUT2D eigenvalue weighted by Crippen LogP contribution is 2.27. The zero-order chi connectivity index (χ0) is 14.5. The number of amides is 1. The van der Waals surface area contributed by atoms with Crippen LogP contribution in [-0.2, 0) is 4.79 Å². The van der Waals surface area contributed by atoms with Gasteiger partial charge in [-0.1, -0.05) is 24.9 Å². The van der Waals surface area contributed by atoms with E-state index < -0.39 is 0 Å². The lowest BCUT2D eigenvalue weighted by Gasteiger charge is -2.29. The van der Waals surface area contributed by atoms with E-state index in [0.29, 0.717) is 29.4 Å². The van der Waals surface area contributed by atoms with Gasteiger partial charge >= 0.3 is 0 Å². The fourth-order valence-electron chi connectivity index (χ4n) is 2.53. The van der Waals surface area contributed by atoms with Crippen molar-refractivity contribution >= 4 is 17.7 Å². The molecule has 6 heteroatoms. The summed E-state index contributed by atoms with van der Waals surface area (Å²) in [6.45, 7) is 6.00. The zero-order valence-electron chi connectivity index (χ0n) is 12.4. The Morgan fingerprint density at radius 1 is 1.50 bits per heavy atom. The molecule has 0 radical (unpaired) electrons. The Morgan fingerprint density at radius 2 is 2.25 bits per heavy atom. The maximum absolute atomic E-state index is 12.0. The molecule has 1 fully saturated rings. The Bertz CT molecular complexity index is 449. The van der Waals surface area contributed by atoms with Crippen molar-refractivity contribution < 1.29 is 9.32 Å². The van der Waals surface area contributed by atoms with Crippen LogP contribution in [0.4, 0.5) is 0 Å². The number of hydrogen-bond acceptors (Lipinski definition) is 5. The third-order valence-corrected chi connectivity index (χ3v) is 4.94. The van der Waals surface area contributed by atoms with Gasteiger partial charge in [0.05, 0.1) is 11.0 Å². The quantitative estimate of drug-likeness (QED) is 0.905. The van der Waals surface area contributed by atoms with Gasteiger partial charge in [-0.05, 0) is 32.6 Å². The number of hydrogen-bond donors (Lipinski definition) is 1. The molecule has 0 spiro atoms. The first-order chi connectivity index (χ1) is 9.56. The van der Waals surface area contributed by atoms with Gasteiger partial charge < -0.3 is 9.84 Å². The van der Waals surface area contributed by atoms with Crippen LogP contribution in [0.3, 0.4) is 0 Å². The van der Waals surface area contributed by atoms with E-state index in [1.807, 2.05) is 6.92 Å². The predicted molar refractivity (Wildman–Crippen MR) is 79.5 cm³/mol. The van der Waals surface area contributed by atoms with Crippen molar-refractivity contribution in [2.24, 2.45) is 5.92 Å². The van der Waals surface area contributed by atoms with Crippen molar-refractivity contribution in [2.45, 2.75) is 57.7 Å². The average Bonchev–Trinajstić information content (AvgIpc) is 2.85. The van der Waals surface area contributed by atoms with Gasteiger partial charge in [0.1, 0.15) is 0 Å². The van der Waals surface area contributed by atoms with Crippen LogP contribution in [-0.4, -0.2) is 27.8 Å². The number of rotatable bonds is 5. The molecule has 0 aromatic carbocycles. The summed E-state index contributed by atoms with van der Waals surface area (Å²) in [4.78, 5) is 16.2. The molecule has 20 heavy (non-hydrogen) atoms. The van der Waals surface area contributed by atoms with Crippen molar-refractivity contribution in [2.75, 3.05) is 5.75 Å². The fourth-order valence-corrected chi connectivity index (χ4v) is 3.25. The topological polar surface area (TPSA) is 68.0 Å². The number of thioether (sulfide) groups is 1. The van der Waals surface area contributed by atoms with Crippen molar-refractivity contribution in [1.29, 1.82) is 0 Å². The SMILES string of the molecule is Cc1noc(C(C)SCC(=O)NC2CCCCC2C)n1. The van der Waals surface area contributed by atoms with E-state index in [-0.39, 0.29) is 11.2 Å². The summed E-state index contributed by atoms with van der Waals surface area (Å²) in [6, 6.07) is 0.345. The van der Waals surface area contributed by atoms with Crippen LogP contribution in [0.2, 0.25) is 0 Å². The van der Waals surface area contributed by atoms with Gasteiger partial charge in [0.25, 0.3) is 0 Å². The third kappa shape index (κ3) is 4.23. The third-order valence-electron chi connectivity index (χ3n) is 3.81. The highest BCUT2D eigenvalue weighted by atomic mass is 32.2. The van der Waals surface area contributed by atoms with Gasteiger partial charge in [-0.25, -0.2) is 0 Å². The maximum atomic E-state index is 12.0. The lowest BCUT2D eigenvalue weighted by atomic mass is 9.86. The summed E-state index contributed by atoms with van der Waals surface area (Å²) >= 11 is 1.53. The Kier molecular flexibility index (Phi) is 5.46. The molecule has 2 rings (SSSR count). The minimum Gasteiger partial charge on any atom is -0.352 e. The highest BCUT2D eigenvalue weighted by molar-refractivity contribution is 8.00. The van der Waals surface area contributed by atoms with E-state index in [1.165, 1.54) is 31.0 Å². The van der Waals surface area contributed by atoms with Crippen molar-refractivity contribution in [3.05, 3.63) is 11.7 Å². The monoisotopic (exact) mass is 297 g/mol. The fraction of sp³-hybridized carbons (Fsp3) is 0.786. The first kappa shape index (κ1) is 15.4. The Morgan fingerprint density at radius 3 is 2.90 bits per heavy atom. The second-order valence-corrected chi connectivity index (χ2v) is 6.90. The number of carbonyl (C=O) groups excluding carboxylic acids is 1. The highest BCUT2D eigenvalue weighted by Gasteiger charge is 2.23.